The lowest BCUT2D eigenvalue weighted by molar-refractivity contribution is -0.144. The third-order valence-corrected chi connectivity index (χ3v) is 6.89. The molecule has 2 unspecified atom stereocenters. The Bertz CT molecular complexity index is 845. The number of nitrogens with two attached hydrogens (primary N) is 2. The molecule has 0 spiro atoms. The second-order valence-corrected chi connectivity index (χ2v) is 9.54. The molecule has 204 valence electrons. The Morgan fingerprint density at radius 2 is 1.69 bits per heavy atom. The van der Waals surface area contributed by atoms with Crippen molar-refractivity contribution in [3.05, 3.63) is 0 Å². The van der Waals surface area contributed by atoms with Gasteiger partial charge in [0.2, 0.25) is 29.5 Å². The maximum atomic E-state index is 13.1. The Kier molecular flexibility index (Phi) is 12.6. The Hall–Kier alpha value is -2.95. The summed E-state index contributed by atoms with van der Waals surface area (Å²) < 4.78 is 0. The van der Waals surface area contributed by atoms with Gasteiger partial charge < -0.3 is 48.3 Å². The van der Waals surface area contributed by atoms with Gasteiger partial charge in [0.25, 0.3) is 0 Å². The zero-order chi connectivity index (χ0) is 27.5. The molecule has 1 saturated heterocycles. The van der Waals surface area contributed by atoms with Gasteiger partial charge in [-0.3, -0.25) is 24.0 Å². The van der Waals surface area contributed by atoms with Crippen LogP contribution >= 0.6 is 11.8 Å². The van der Waals surface area contributed by atoms with Gasteiger partial charge in [-0.1, -0.05) is 0 Å². The van der Waals surface area contributed by atoms with Gasteiger partial charge in [-0.15, -0.1) is 11.8 Å². The Balaban J connectivity index is 3.50. The fourth-order valence-corrected chi connectivity index (χ4v) is 4.62. The highest BCUT2D eigenvalue weighted by Gasteiger charge is 2.43. The first-order chi connectivity index (χ1) is 16.9. The minimum Gasteiger partial charge on any atom is -0.479 e. The van der Waals surface area contributed by atoms with Crippen LogP contribution in [0.1, 0.15) is 32.6 Å². The summed E-state index contributed by atoms with van der Waals surface area (Å²) in [6.45, 7) is 0.775. The molecule has 1 fully saturated rings. The molecular formula is C20H35N7O8S. The normalized spacial score (nSPS) is 28.6. The summed E-state index contributed by atoms with van der Waals surface area (Å²) in [5, 5.41) is 31.8. The number of carbonyl (C=O) groups excluding carboxylic acids is 5. The summed E-state index contributed by atoms with van der Waals surface area (Å²) >= 11 is 0.744. The first kappa shape index (κ1) is 31.1. The number of amides is 5. The van der Waals surface area contributed by atoms with Crippen LogP contribution in [0.4, 0.5) is 0 Å². The Morgan fingerprint density at radius 3 is 2.22 bits per heavy atom. The molecule has 36 heavy (non-hydrogen) atoms. The number of aliphatic hydroxyl groups is 1. The molecule has 16 heteroatoms. The van der Waals surface area contributed by atoms with Gasteiger partial charge >= 0.3 is 5.97 Å². The lowest BCUT2D eigenvalue weighted by Gasteiger charge is -2.33. The number of carbonyl (C=O) groups is 6. The minimum absolute atomic E-state index is 0.0824. The summed E-state index contributed by atoms with van der Waals surface area (Å²) in [7, 11) is 1.44. The first-order valence-corrected chi connectivity index (χ1v) is 12.3. The van der Waals surface area contributed by atoms with Crippen molar-refractivity contribution in [3.63, 3.8) is 0 Å². The fourth-order valence-electron chi connectivity index (χ4n) is 3.27. The van der Waals surface area contributed by atoms with Crippen molar-refractivity contribution in [3.8, 4) is 0 Å². The van der Waals surface area contributed by atoms with Crippen molar-refractivity contribution in [1.82, 2.24) is 26.6 Å². The summed E-state index contributed by atoms with van der Waals surface area (Å²) in [5.74, 6) is -5.98. The number of primary amides is 1. The number of rotatable bonds is 9. The van der Waals surface area contributed by atoms with Crippen LogP contribution in [-0.2, 0) is 28.8 Å². The predicted molar refractivity (Wildman–Crippen MR) is 129 cm³/mol. The van der Waals surface area contributed by atoms with E-state index in [1.807, 2.05) is 0 Å². The lowest BCUT2D eigenvalue weighted by Crippen LogP contribution is -2.60. The monoisotopic (exact) mass is 533 g/mol. The molecule has 15 nitrogen and oxygen atoms in total. The maximum Gasteiger partial charge on any atom is 0.340 e. The van der Waals surface area contributed by atoms with Crippen LogP contribution in [0.2, 0.25) is 0 Å². The van der Waals surface area contributed by atoms with E-state index in [1.54, 1.807) is 0 Å². The van der Waals surface area contributed by atoms with E-state index in [2.05, 4.69) is 26.6 Å². The fraction of sp³-hybridized carbons (Fsp3) is 0.700. The quantitative estimate of drug-likeness (QED) is 0.128. The van der Waals surface area contributed by atoms with Gasteiger partial charge in [0.15, 0.2) is 4.87 Å². The van der Waals surface area contributed by atoms with Crippen molar-refractivity contribution in [1.29, 1.82) is 0 Å². The largest absolute Gasteiger partial charge is 0.479 e. The van der Waals surface area contributed by atoms with E-state index in [0.717, 1.165) is 11.8 Å². The molecule has 5 amide bonds. The van der Waals surface area contributed by atoms with Gasteiger partial charge in [-0.2, -0.15) is 0 Å². The first-order valence-electron chi connectivity index (χ1n) is 11.3. The van der Waals surface area contributed by atoms with Crippen LogP contribution in [-0.4, -0.2) is 101 Å². The van der Waals surface area contributed by atoms with E-state index in [-0.39, 0.29) is 18.7 Å². The Morgan fingerprint density at radius 1 is 1.06 bits per heavy atom. The summed E-state index contributed by atoms with van der Waals surface area (Å²) in [5.41, 5.74) is 10.8. The van der Waals surface area contributed by atoms with Crippen LogP contribution in [0, 0.1) is 0 Å². The van der Waals surface area contributed by atoms with Gasteiger partial charge in [0.1, 0.15) is 18.1 Å². The third kappa shape index (κ3) is 8.92. The van der Waals surface area contributed by atoms with Crippen molar-refractivity contribution in [2.45, 2.75) is 61.6 Å². The molecule has 1 rings (SSSR count). The summed E-state index contributed by atoms with van der Waals surface area (Å²) in [6, 6.07) is -5.22. The number of aliphatic hydroxyl groups excluding tert-OH is 1. The SMILES string of the molecule is CN[C@H]1CSC(CCCCN)(C(=O)O)NC(=O)[C@H](CC(N)=O)NC(=O)[C@H](C)NC(=O)C(CO)NC1=O. The average Bonchev–Trinajstić information content (AvgIpc) is 2.81. The summed E-state index contributed by atoms with van der Waals surface area (Å²) in [4.78, 5) is 73.1. The van der Waals surface area contributed by atoms with Crippen LogP contribution in [0.25, 0.3) is 0 Å². The van der Waals surface area contributed by atoms with Crippen LogP contribution < -0.4 is 38.1 Å². The zero-order valence-electron chi connectivity index (χ0n) is 20.2. The zero-order valence-corrected chi connectivity index (χ0v) is 21.0. The predicted octanol–water partition coefficient (Wildman–Crippen LogP) is -4.31. The molecule has 1 heterocycles. The molecule has 11 N–H and O–H groups in total. The van der Waals surface area contributed by atoms with E-state index in [9.17, 15) is 39.0 Å². The van der Waals surface area contributed by atoms with Crippen molar-refractivity contribution < 1.29 is 39.0 Å². The topological polar surface area (TPSA) is 255 Å². The number of thioether (sulfide) groups is 1. The Labute approximate surface area is 212 Å². The molecular weight excluding hydrogens is 498 g/mol. The molecule has 0 aromatic heterocycles. The van der Waals surface area contributed by atoms with Crippen LogP contribution in [0.15, 0.2) is 0 Å². The van der Waals surface area contributed by atoms with E-state index >= 15 is 0 Å². The number of carboxylic acids is 1. The van der Waals surface area contributed by atoms with Crippen molar-refractivity contribution in [2.75, 3.05) is 26.0 Å². The van der Waals surface area contributed by atoms with E-state index in [1.165, 1.54) is 14.0 Å². The van der Waals surface area contributed by atoms with Crippen molar-refractivity contribution in [2.24, 2.45) is 11.5 Å². The molecule has 1 aliphatic heterocycles. The van der Waals surface area contributed by atoms with Gasteiger partial charge in [0, 0.05) is 5.75 Å². The van der Waals surface area contributed by atoms with Gasteiger partial charge in [-0.25, -0.2) is 4.79 Å². The average molecular weight is 534 g/mol. The molecule has 0 radical (unpaired) electrons. The van der Waals surface area contributed by atoms with Gasteiger partial charge in [0.05, 0.1) is 19.1 Å². The molecule has 0 aromatic carbocycles. The van der Waals surface area contributed by atoms with Crippen LogP contribution in [0.3, 0.4) is 0 Å². The number of hydrogen-bond donors (Lipinski definition) is 9. The van der Waals surface area contributed by atoms with Gasteiger partial charge in [-0.05, 0) is 39.8 Å². The lowest BCUT2D eigenvalue weighted by atomic mass is 10.1. The molecule has 0 bridgehead atoms. The maximum absolute atomic E-state index is 13.1. The molecule has 0 aliphatic carbocycles. The molecule has 0 aromatic rings. The number of likely N-dealkylation sites (N-methyl/N-ethyl adjacent to an activating group) is 1. The number of hydrogen-bond acceptors (Lipinski definition) is 10. The number of carboxylic acid groups (broad SMARTS) is 1. The molecule has 1 aliphatic rings. The standard InChI is InChI=1S/C20H35N7O8S/c1-10-15(30)25-11(7-14(22)29)18(33)27-20(19(34)35,5-3-4-6-21)36-9-13(23-2)17(32)26-12(8-28)16(31)24-10/h10-13,23,28H,3-9,21H2,1-2H3,(H2,22,29)(H,24,31)(H,25,30)(H,26,32)(H,27,33)(H,34,35)/t10-,11-,12?,13-,20?/m0/s1. The second kappa shape index (κ2) is 14.6. The smallest absolute Gasteiger partial charge is 0.340 e. The third-order valence-electron chi connectivity index (χ3n) is 5.42. The molecule has 5 atom stereocenters. The molecule has 0 saturated carbocycles. The van der Waals surface area contributed by atoms with E-state index in [0.29, 0.717) is 12.8 Å². The number of aliphatic carboxylic acids is 1. The number of nitrogens with one attached hydrogen (secondary N) is 5. The highest BCUT2D eigenvalue weighted by molar-refractivity contribution is 8.01. The summed E-state index contributed by atoms with van der Waals surface area (Å²) in [6.07, 6.45) is 0.0362. The second-order valence-electron chi connectivity index (χ2n) is 8.23. The highest BCUT2D eigenvalue weighted by atomic mass is 32.2. The van der Waals surface area contributed by atoms with Crippen molar-refractivity contribution >= 4 is 47.3 Å². The van der Waals surface area contributed by atoms with Crippen LogP contribution in [0.5, 0.6) is 0 Å². The van der Waals surface area contributed by atoms with E-state index < -0.39 is 77.6 Å². The van der Waals surface area contributed by atoms with E-state index in [4.69, 9.17) is 11.5 Å². The highest BCUT2D eigenvalue weighted by Crippen LogP contribution is 2.30. The minimum atomic E-state index is -1.95. The number of unbranched alkanes of at least 4 members (excludes halogenated alkanes) is 1.